The van der Waals surface area contributed by atoms with Gasteiger partial charge < -0.3 is 5.32 Å². The van der Waals surface area contributed by atoms with Gasteiger partial charge in [-0.2, -0.15) is 0 Å². The molecule has 0 amide bonds. The predicted octanol–water partition coefficient (Wildman–Crippen LogP) is 3.32. The molecule has 3 heteroatoms. The Hall–Kier alpha value is -0.410. The number of rotatable bonds is 5. The van der Waals surface area contributed by atoms with Gasteiger partial charge in [-0.15, -0.1) is 11.3 Å². The average Bonchev–Trinajstić information content (AvgIpc) is 2.51. The number of thiazole rings is 1. The molecule has 0 spiro atoms. The lowest BCUT2D eigenvalue weighted by molar-refractivity contribution is 0.302. The second-order valence-corrected chi connectivity index (χ2v) is 5.61. The Labute approximate surface area is 97.1 Å². The molecule has 0 fully saturated rings. The van der Waals surface area contributed by atoms with Crippen LogP contribution in [0.1, 0.15) is 44.8 Å². The van der Waals surface area contributed by atoms with E-state index in [9.17, 15) is 0 Å². The molecule has 15 heavy (non-hydrogen) atoms. The molecule has 0 radical (unpaired) electrons. The first kappa shape index (κ1) is 12.7. The summed E-state index contributed by atoms with van der Waals surface area (Å²) in [5.74, 6) is 0.679. The number of aromatic nitrogens is 1. The largest absolute Gasteiger partial charge is 0.306 e. The van der Waals surface area contributed by atoms with Gasteiger partial charge in [0.25, 0.3) is 0 Å². The Morgan fingerprint density at radius 2 is 2.20 bits per heavy atom. The van der Waals surface area contributed by atoms with Crippen molar-refractivity contribution in [3.05, 3.63) is 16.1 Å². The van der Waals surface area contributed by atoms with Crippen molar-refractivity contribution in [2.24, 2.45) is 5.92 Å². The third kappa shape index (κ3) is 3.28. The van der Waals surface area contributed by atoms with E-state index in [1.54, 1.807) is 11.3 Å². The van der Waals surface area contributed by atoms with Gasteiger partial charge in [0.05, 0.1) is 5.54 Å². The maximum Gasteiger partial charge on any atom is 0.113 e. The Kier molecular flexibility index (Phi) is 4.29. The van der Waals surface area contributed by atoms with Crippen LogP contribution in [0.2, 0.25) is 0 Å². The molecule has 0 saturated carbocycles. The topological polar surface area (TPSA) is 24.9 Å². The van der Waals surface area contributed by atoms with E-state index >= 15 is 0 Å². The van der Waals surface area contributed by atoms with Crippen molar-refractivity contribution in [3.8, 4) is 0 Å². The highest BCUT2D eigenvalue weighted by molar-refractivity contribution is 7.09. The number of hydrogen-bond acceptors (Lipinski definition) is 3. The third-order valence-corrected chi connectivity index (χ3v) is 3.70. The summed E-state index contributed by atoms with van der Waals surface area (Å²) in [6.07, 6.45) is 1.13. The second kappa shape index (κ2) is 5.08. The fourth-order valence-electron chi connectivity index (χ4n) is 2.05. The summed E-state index contributed by atoms with van der Waals surface area (Å²) in [7, 11) is 0. The Morgan fingerprint density at radius 3 is 2.60 bits per heavy atom. The summed E-state index contributed by atoms with van der Waals surface area (Å²) in [4.78, 5) is 4.61. The smallest absolute Gasteiger partial charge is 0.113 e. The van der Waals surface area contributed by atoms with Crippen LogP contribution >= 0.6 is 11.3 Å². The minimum atomic E-state index is 0.0435. The fraction of sp³-hybridized carbons (Fsp3) is 0.750. The van der Waals surface area contributed by atoms with E-state index in [1.165, 1.54) is 5.01 Å². The first-order chi connectivity index (χ1) is 6.98. The molecule has 2 nitrogen and oxygen atoms in total. The summed E-state index contributed by atoms with van der Waals surface area (Å²) < 4.78 is 0. The molecule has 1 N–H and O–H groups in total. The quantitative estimate of drug-likeness (QED) is 0.833. The Morgan fingerprint density at radius 1 is 1.53 bits per heavy atom. The van der Waals surface area contributed by atoms with E-state index in [-0.39, 0.29) is 5.54 Å². The van der Waals surface area contributed by atoms with E-state index in [2.05, 4.69) is 50.3 Å². The maximum atomic E-state index is 4.61. The Balaban J connectivity index is 2.89. The molecular formula is C12H22N2S. The summed E-state index contributed by atoms with van der Waals surface area (Å²) in [5.41, 5.74) is 1.17. The van der Waals surface area contributed by atoms with Gasteiger partial charge in [-0.1, -0.05) is 20.8 Å². The molecule has 0 saturated heterocycles. The van der Waals surface area contributed by atoms with Gasteiger partial charge >= 0.3 is 0 Å². The highest BCUT2D eigenvalue weighted by Crippen LogP contribution is 2.30. The van der Waals surface area contributed by atoms with Crippen molar-refractivity contribution in [2.45, 2.75) is 46.6 Å². The lowest BCUT2D eigenvalue weighted by Gasteiger charge is -2.30. The molecule has 0 aliphatic heterocycles. The van der Waals surface area contributed by atoms with E-state index < -0.39 is 0 Å². The fourth-order valence-corrected chi connectivity index (χ4v) is 3.00. The van der Waals surface area contributed by atoms with Crippen LogP contribution in [0.5, 0.6) is 0 Å². The zero-order valence-corrected chi connectivity index (χ0v) is 11.2. The SMILES string of the molecule is CCNC(C)(CC(C)C)c1nc(C)cs1. The molecule has 86 valence electrons. The Bertz CT molecular complexity index is 306. The molecule has 0 aliphatic carbocycles. The molecular weight excluding hydrogens is 204 g/mol. The van der Waals surface area contributed by atoms with Crippen LogP contribution in [-0.4, -0.2) is 11.5 Å². The lowest BCUT2D eigenvalue weighted by atomic mass is 9.91. The van der Waals surface area contributed by atoms with E-state index in [4.69, 9.17) is 0 Å². The van der Waals surface area contributed by atoms with Gasteiger partial charge in [-0.25, -0.2) is 4.98 Å². The monoisotopic (exact) mass is 226 g/mol. The van der Waals surface area contributed by atoms with Crippen molar-refractivity contribution in [2.75, 3.05) is 6.54 Å². The lowest BCUT2D eigenvalue weighted by Crippen LogP contribution is -2.40. The van der Waals surface area contributed by atoms with Gasteiger partial charge in [0.2, 0.25) is 0 Å². The van der Waals surface area contributed by atoms with Gasteiger partial charge in [-0.3, -0.25) is 0 Å². The average molecular weight is 226 g/mol. The first-order valence-corrected chi connectivity index (χ1v) is 6.53. The number of aryl methyl sites for hydroxylation is 1. The van der Waals surface area contributed by atoms with Crippen LogP contribution in [0.25, 0.3) is 0 Å². The summed E-state index contributed by atoms with van der Waals surface area (Å²) in [5, 5.41) is 6.92. The highest BCUT2D eigenvalue weighted by Gasteiger charge is 2.29. The molecule has 0 aromatic carbocycles. The van der Waals surface area contributed by atoms with Crippen molar-refractivity contribution in [1.82, 2.24) is 10.3 Å². The summed E-state index contributed by atoms with van der Waals surface area (Å²) in [6, 6.07) is 0. The van der Waals surface area contributed by atoms with Crippen LogP contribution in [0, 0.1) is 12.8 Å². The van der Waals surface area contributed by atoms with E-state index in [0.29, 0.717) is 5.92 Å². The van der Waals surface area contributed by atoms with Crippen molar-refractivity contribution < 1.29 is 0 Å². The first-order valence-electron chi connectivity index (χ1n) is 5.65. The minimum absolute atomic E-state index is 0.0435. The standard InChI is InChI=1S/C12H22N2S/c1-6-13-12(5,7-9(2)3)11-14-10(4)8-15-11/h8-9,13H,6-7H2,1-5H3. The van der Waals surface area contributed by atoms with Crippen molar-refractivity contribution in [3.63, 3.8) is 0 Å². The van der Waals surface area contributed by atoms with Crippen molar-refractivity contribution >= 4 is 11.3 Å². The summed E-state index contributed by atoms with van der Waals surface area (Å²) >= 11 is 1.76. The molecule has 1 unspecified atom stereocenters. The molecule has 0 aliphatic rings. The molecule has 1 aromatic heterocycles. The molecule has 0 bridgehead atoms. The van der Waals surface area contributed by atoms with Crippen LogP contribution in [0.4, 0.5) is 0 Å². The molecule has 1 atom stereocenters. The molecule has 1 rings (SSSR count). The molecule has 1 aromatic rings. The maximum absolute atomic E-state index is 4.61. The zero-order chi connectivity index (χ0) is 11.5. The number of hydrogen-bond donors (Lipinski definition) is 1. The van der Waals surface area contributed by atoms with Gasteiger partial charge in [-0.05, 0) is 32.7 Å². The van der Waals surface area contributed by atoms with Crippen LogP contribution in [0.15, 0.2) is 5.38 Å². The van der Waals surface area contributed by atoms with Gasteiger partial charge in [0, 0.05) is 11.1 Å². The zero-order valence-electron chi connectivity index (χ0n) is 10.4. The highest BCUT2D eigenvalue weighted by atomic mass is 32.1. The second-order valence-electron chi connectivity index (χ2n) is 4.75. The summed E-state index contributed by atoms with van der Waals surface area (Å²) in [6.45, 7) is 12.0. The molecule has 1 heterocycles. The van der Waals surface area contributed by atoms with Crippen LogP contribution in [0.3, 0.4) is 0 Å². The van der Waals surface area contributed by atoms with Gasteiger partial charge in [0.15, 0.2) is 0 Å². The number of nitrogens with zero attached hydrogens (tertiary/aromatic N) is 1. The van der Waals surface area contributed by atoms with Crippen molar-refractivity contribution in [1.29, 1.82) is 0 Å². The van der Waals surface area contributed by atoms with Gasteiger partial charge in [0.1, 0.15) is 5.01 Å². The third-order valence-electron chi connectivity index (χ3n) is 2.47. The predicted molar refractivity (Wildman–Crippen MR) is 67.3 cm³/mol. The normalized spacial score (nSPS) is 15.6. The van der Waals surface area contributed by atoms with Crippen LogP contribution in [-0.2, 0) is 5.54 Å². The number of nitrogens with one attached hydrogen (secondary N) is 1. The minimum Gasteiger partial charge on any atom is -0.306 e. The van der Waals surface area contributed by atoms with E-state index in [0.717, 1.165) is 18.7 Å². The van der Waals surface area contributed by atoms with E-state index in [1.807, 2.05) is 0 Å². The van der Waals surface area contributed by atoms with Crippen LogP contribution < -0.4 is 5.32 Å².